The third kappa shape index (κ3) is 3.46. The zero-order chi connectivity index (χ0) is 11.4. The minimum absolute atomic E-state index is 0.109. The van der Waals surface area contributed by atoms with Crippen molar-refractivity contribution in [2.75, 3.05) is 26.7 Å². The molecule has 2 fully saturated rings. The number of nitrogens with zero attached hydrogens (tertiary/aromatic N) is 1. The number of carbonyl (C=O) groups excluding carboxylic acids is 1. The van der Waals surface area contributed by atoms with E-state index >= 15 is 0 Å². The highest BCUT2D eigenvalue weighted by Gasteiger charge is 2.32. The molecule has 2 aliphatic rings. The number of esters is 1. The third-order valence-electron chi connectivity index (χ3n) is 3.49. The summed E-state index contributed by atoms with van der Waals surface area (Å²) in [5.74, 6) is -0.109. The van der Waals surface area contributed by atoms with Gasteiger partial charge in [0.05, 0.1) is 13.7 Å². The summed E-state index contributed by atoms with van der Waals surface area (Å²) in [6.45, 7) is 2.58. The van der Waals surface area contributed by atoms with Crippen LogP contribution in [0.25, 0.3) is 0 Å². The number of piperidine rings is 1. The van der Waals surface area contributed by atoms with E-state index in [0.29, 0.717) is 18.6 Å². The van der Waals surface area contributed by atoms with Crippen LogP contribution in [0.3, 0.4) is 0 Å². The van der Waals surface area contributed by atoms with Crippen molar-refractivity contribution in [3.8, 4) is 0 Å². The second kappa shape index (κ2) is 5.64. The van der Waals surface area contributed by atoms with Gasteiger partial charge in [-0.1, -0.05) is 6.42 Å². The average Bonchev–Trinajstić information content (AvgIpc) is 3.13. The lowest BCUT2D eigenvalue weighted by molar-refractivity contribution is -0.142. The van der Waals surface area contributed by atoms with Gasteiger partial charge in [0, 0.05) is 18.6 Å². The summed E-state index contributed by atoms with van der Waals surface area (Å²) >= 11 is 0. The van der Waals surface area contributed by atoms with Crippen LogP contribution in [0.15, 0.2) is 0 Å². The maximum absolute atomic E-state index is 11.3. The van der Waals surface area contributed by atoms with E-state index in [0.717, 1.165) is 13.1 Å². The molecule has 4 nitrogen and oxygen atoms in total. The third-order valence-corrected chi connectivity index (χ3v) is 3.49. The van der Waals surface area contributed by atoms with Crippen molar-refractivity contribution in [1.82, 2.24) is 10.2 Å². The average molecular weight is 226 g/mol. The van der Waals surface area contributed by atoms with Gasteiger partial charge in [0.25, 0.3) is 0 Å². The molecule has 1 unspecified atom stereocenters. The molecule has 1 heterocycles. The summed E-state index contributed by atoms with van der Waals surface area (Å²) in [5, 5.41) is 3.53. The number of nitrogens with one attached hydrogen (secondary N) is 1. The number of carbonyl (C=O) groups is 1. The van der Waals surface area contributed by atoms with Gasteiger partial charge in [-0.05, 0) is 32.2 Å². The quantitative estimate of drug-likeness (QED) is 0.703. The fourth-order valence-corrected chi connectivity index (χ4v) is 2.38. The largest absolute Gasteiger partial charge is 0.468 e. The summed E-state index contributed by atoms with van der Waals surface area (Å²) in [5.41, 5.74) is 0. The van der Waals surface area contributed by atoms with Gasteiger partial charge in [0.15, 0.2) is 0 Å². The molecule has 0 aromatic rings. The molecule has 2 rings (SSSR count). The Kier molecular flexibility index (Phi) is 4.18. The molecule has 0 bridgehead atoms. The van der Waals surface area contributed by atoms with Gasteiger partial charge in [-0.15, -0.1) is 0 Å². The molecule has 0 radical (unpaired) electrons. The van der Waals surface area contributed by atoms with Crippen molar-refractivity contribution in [3.63, 3.8) is 0 Å². The number of hydrogen-bond donors (Lipinski definition) is 1. The molecule has 0 spiro atoms. The van der Waals surface area contributed by atoms with Crippen molar-refractivity contribution >= 4 is 5.97 Å². The van der Waals surface area contributed by atoms with Crippen LogP contribution in [0, 0.1) is 0 Å². The van der Waals surface area contributed by atoms with Gasteiger partial charge in [-0.25, -0.2) is 0 Å². The lowest BCUT2D eigenvalue weighted by Crippen LogP contribution is -2.46. The second-order valence-corrected chi connectivity index (χ2v) is 4.88. The monoisotopic (exact) mass is 226 g/mol. The minimum Gasteiger partial charge on any atom is -0.468 e. The van der Waals surface area contributed by atoms with Crippen LogP contribution in [0.4, 0.5) is 0 Å². The lowest BCUT2D eigenvalue weighted by Gasteiger charge is -2.29. The first-order valence-corrected chi connectivity index (χ1v) is 6.34. The standard InChI is InChI=1S/C12H22N2O2/c1-16-12(15)9-14(11-5-6-11)8-10-4-2-3-7-13-10/h10-11,13H,2-9H2,1H3. The van der Waals surface area contributed by atoms with E-state index in [9.17, 15) is 4.79 Å². The van der Waals surface area contributed by atoms with Crippen LogP contribution in [-0.2, 0) is 9.53 Å². The smallest absolute Gasteiger partial charge is 0.319 e. The molecule has 1 aliphatic heterocycles. The Bertz CT molecular complexity index is 235. The Morgan fingerprint density at radius 2 is 2.19 bits per heavy atom. The van der Waals surface area contributed by atoms with Crippen molar-refractivity contribution in [2.45, 2.75) is 44.2 Å². The Hall–Kier alpha value is -0.610. The summed E-state index contributed by atoms with van der Waals surface area (Å²) in [6, 6.07) is 1.20. The SMILES string of the molecule is COC(=O)CN(CC1CCCCN1)C1CC1. The van der Waals surface area contributed by atoms with Gasteiger partial charge in [-0.2, -0.15) is 0 Å². The molecule has 0 aromatic carbocycles. The number of ether oxygens (including phenoxy) is 1. The Morgan fingerprint density at radius 3 is 2.75 bits per heavy atom. The van der Waals surface area contributed by atoms with E-state index in [1.54, 1.807) is 0 Å². The fourth-order valence-electron chi connectivity index (χ4n) is 2.38. The van der Waals surface area contributed by atoms with Crippen molar-refractivity contribution in [2.24, 2.45) is 0 Å². The van der Waals surface area contributed by atoms with Crippen LogP contribution in [0.5, 0.6) is 0 Å². The normalized spacial score (nSPS) is 25.8. The summed E-state index contributed by atoms with van der Waals surface area (Å²) < 4.78 is 4.75. The predicted molar refractivity (Wildman–Crippen MR) is 62.3 cm³/mol. The molecular formula is C12H22N2O2. The first kappa shape index (κ1) is 11.9. The number of rotatable bonds is 5. The van der Waals surface area contributed by atoms with E-state index in [2.05, 4.69) is 10.2 Å². The fraction of sp³-hybridized carbons (Fsp3) is 0.917. The van der Waals surface area contributed by atoms with Crippen molar-refractivity contribution in [3.05, 3.63) is 0 Å². The maximum Gasteiger partial charge on any atom is 0.319 e. The van der Waals surface area contributed by atoms with E-state index in [1.807, 2.05) is 0 Å². The van der Waals surface area contributed by atoms with Gasteiger partial charge < -0.3 is 10.1 Å². The van der Waals surface area contributed by atoms with Crippen molar-refractivity contribution in [1.29, 1.82) is 0 Å². The summed E-state index contributed by atoms with van der Waals surface area (Å²) in [4.78, 5) is 13.6. The van der Waals surface area contributed by atoms with Crippen LogP contribution >= 0.6 is 0 Å². The van der Waals surface area contributed by atoms with Gasteiger partial charge >= 0.3 is 5.97 Å². The maximum atomic E-state index is 11.3. The number of methoxy groups -OCH3 is 1. The Morgan fingerprint density at radius 1 is 1.38 bits per heavy atom. The van der Waals surface area contributed by atoms with E-state index in [4.69, 9.17) is 4.74 Å². The minimum atomic E-state index is -0.109. The molecule has 0 amide bonds. The molecule has 1 aliphatic carbocycles. The zero-order valence-electron chi connectivity index (χ0n) is 10.1. The van der Waals surface area contributed by atoms with E-state index in [1.165, 1.54) is 39.2 Å². The second-order valence-electron chi connectivity index (χ2n) is 4.88. The number of hydrogen-bond acceptors (Lipinski definition) is 4. The summed E-state index contributed by atoms with van der Waals surface area (Å²) in [6.07, 6.45) is 6.32. The molecule has 1 saturated heterocycles. The molecular weight excluding hydrogens is 204 g/mol. The first-order chi connectivity index (χ1) is 7.79. The van der Waals surface area contributed by atoms with Gasteiger partial charge in [-0.3, -0.25) is 9.69 Å². The van der Waals surface area contributed by atoms with Crippen LogP contribution < -0.4 is 5.32 Å². The van der Waals surface area contributed by atoms with Crippen LogP contribution in [-0.4, -0.2) is 49.7 Å². The van der Waals surface area contributed by atoms with Gasteiger partial charge in [0.2, 0.25) is 0 Å². The zero-order valence-corrected chi connectivity index (χ0v) is 10.1. The van der Waals surface area contributed by atoms with Crippen molar-refractivity contribution < 1.29 is 9.53 Å². The predicted octanol–water partition coefficient (Wildman–Crippen LogP) is 0.766. The molecule has 0 aromatic heterocycles. The highest BCUT2D eigenvalue weighted by Crippen LogP contribution is 2.27. The molecule has 1 saturated carbocycles. The first-order valence-electron chi connectivity index (χ1n) is 6.34. The highest BCUT2D eigenvalue weighted by molar-refractivity contribution is 5.71. The topological polar surface area (TPSA) is 41.6 Å². The molecule has 92 valence electrons. The molecule has 4 heteroatoms. The Labute approximate surface area is 97.3 Å². The van der Waals surface area contributed by atoms with E-state index < -0.39 is 0 Å². The van der Waals surface area contributed by atoms with E-state index in [-0.39, 0.29) is 5.97 Å². The molecule has 1 N–H and O–H groups in total. The lowest BCUT2D eigenvalue weighted by atomic mass is 10.0. The van der Waals surface area contributed by atoms with Gasteiger partial charge in [0.1, 0.15) is 0 Å². The molecule has 1 atom stereocenters. The van der Waals surface area contributed by atoms with Crippen LogP contribution in [0.2, 0.25) is 0 Å². The Balaban J connectivity index is 1.79. The molecule has 16 heavy (non-hydrogen) atoms. The van der Waals surface area contributed by atoms with Crippen LogP contribution in [0.1, 0.15) is 32.1 Å². The summed E-state index contributed by atoms with van der Waals surface area (Å²) in [7, 11) is 1.46. The highest BCUT2D eigenvalue weighted by atomic mass is 16.5.